The predicted octanol–water partition coefficient (Wildman–Crippen LogP) is 4.85. The third-order valence-electron chi connectivity index (χ3n) is 5.79. The number of alkyl halides is 3. The number of amides is 2. The molecule has 30 heavy (non-hydrogen) atoms. The monoisotopic (exact) mass is 426 g/mol. The van der Waals surface area contributed by atoms with E-state index in [-0.39, 0.29) is 25.9 Å². The maximum atomic E-state index is 13.6. The average Bonchev–Trinajstić information content (AvgIpc) is 3.42. The zero-order valence-corrected chi connectivity index (χ0v) is 18.0. The molecule has 1 saturated heterocycles. The van der Waals surface area contributed by atoms with Crippen LogP contribution in [0.4, 0.5) is 18.0 Å². The minimum Gasteiger partial charge on any atom is -0.444 e. The molecule has 1 saturated carbocycles. The Labute approximate surface area is 175 Å². The summed E-state index contributed by atoms with van der Waals surface area (Å²) in [6.45, 7) is 8.98. The van der Waals surface area contributed by atoms with Crippen LogP contribution in [0.15, 0.2) is 24.3 Å². The second-order valence-corrected chi connectivity index (χ2v) is 9.45. The summed E-state index contributed by atoms with van der Waals surface area (Å²) in [5, 5.41) is 0. The van der Waals surface area contributed by atoms with Crippen LogP contribution < -0.4 is 0 Å². The van der Waals surface area contributed by atoms with Crippen molar-refractivity contribution in [3.63, 3.8) is 0 Å². The highest BCUT2D eigenvalue weighted by atomic mass is 19.4. The van der Waals surface area contributed by atoms with Crippen molar-refractivity contribution in [3.05, 3.63) is 35.4 Å². The zero-order valence-electron chi connectivity index (χ0n) is 18.0. The van der Waals surface area contributed by atoms with Gasteiger partial charge in [-0.25, -0.2) is 4.79 Å². The lowest BCUT2D eigenvalue weighted by Gasteiger charge is -2.46. The molecule has 2 amide bonds. The van der Waals surface area contributed by atoms with E-state index in [4.69, 9.17) is 4.74 Å². The van der Waals surface area contributed by atoms with Crippen LogP contribution >= 0.6 is 0 Å². The molecule has 0 N–H and O–H groups in total. The number of hydrogen-bond donors (Lipinski definition) is 0. The normalized spacial score (nSPS) is 23.9. The van der Waals surface area contributed by atoms with Crippen molar-refractivity contribution < 1.29 is 27.5 Å². The van der Waals surface area contributed by atoms with Gasteiger partial charge in [-0.05, 0) is 53.0 Å². The quantitative estimate of drug-likeness (QED) is 0.680. The van der Waals surface area contributed by atoms with Crippen molar-refractivity contribution in [2.75, 3.05) is 13.1 Å². The van der Waals surface area contributed by atoms with Crippen molar-refractivity contribution in [2.45, 2.75) is 71.3 Å². The van der Waals surface area contributed by atoms with Crippen LogP contribution in [-0.4, -0.2) is 52.7 Å². The van der Waals surface area contributed by atoms with Crippen molar-refractivity contribution in [1.29, 1.82) is 0 Å². The molecule has 3 rings (SSSR count). The number of benzene rings is 1. The van der Waals surface area contributed by atoms with E-state index < -0.39 is 41.3 Å². The molecule has 1 aliphatic carbocycles. The van der Waals surface area contributed by atoms with Crippen molar-refractivity contribution >= 4 is 12.0 Å². The molecular formula is C22H29F3N2O3. The highest BCUT2D eigenvalue weighted by Gasteiger charge is 2.70. The smallest absolute Gasteiger partial charge is 0.410 e. The topological polar surface area (TPSA) is 49.9 Å². The number of nitrogens with zero attached hydrogens (tertiary/aromatic N) is 2. The van der Waals surface area contributed by atoms with Crippen molar-refractivity contribution in [3.8, 4) is 0 Å². The molecule has 5 nitrogen and oxygen atoms in total. The molecular weight excluding hydrogens is 397 g/mol. The summed E-state index contributed by atoms with van der Waals surface area (Å²) in [6, 6.07) is 6.31. The Hall–Kier alpha value is -2.25. The Morgan fingerprint density at radius 3 is 2.07 bits per heavy atom. The number of carbonyl (C=O) groups is 2. The lowest BCUT2D eigenvalue weighted by Crippen LogP contribution is -2.59. The fraction of sp³-hybridized carbons (Fsp3) is 0.636. The summed E-state index contributed by atoms with van der Waals surface area (Å²) >= 11 is 0. The van der Waals surface area contributed by atoms with Crippen LogP contribution in [0.5, 0.6) is 0 Å². The first kappa shape index (κ1) is 22.4. The van der Waals surface area contributed by atoms with Gasteiger partial charge in [-0.3, -0.25) is 9.69 Å². The first-order valence-corrected chi connectivity index (χ1v) is 10.2. The Morgan fingerprint density at radius 2 is 1.60 bits per heavy atom. The Kier molecular flexibility index (Phi) is 5.58. The second kappa shape index (κ2) is 7.46. The predicted molar refractivity (Wildman–Crippen MR) is 106 cm³/mol. The van der Waals surface area contributed by atoms with Gasteiger partial charge in [0.05, 0.1) is 6.04 Å². The van der Waals surface area contributed by atoms with Gasteiger partial charge in [0.1, 0.15) is 11.0 Å². The van der Waals surface area contributed by atoms with Gasteiger partial charge in [-0.15, -0.1) is 0 Å². The van der Waals surface area contributed by atoms with E-state index in [1.54, 1.807) is 27.7 Å². The summed E-state index contributed by atoms with van der Waals surface area (Å²) in [5.74, 6) is -0.886. The van der Waals surface area contributed by atoms with E-state index in [0.717, 1.165) is 11.1 Å². The van der Waals surface area contributed by atoms with Gasteiger partial charge < -0.3 is 9.64 Å². The van der Waals surface area contributed by atoms with E-state index in [2.05, 4.69) is 0 Å². The summed E-state index contributed by atoms with van der Waals surface area (Å²) < 4.78 is 46.2. The zero-order chi connectivity index (χ0) is 22.5. The number of rotatable bonds is 2. The molecule has 8 heteroatoms. The number of aryl methyl sites for hydroxylation is 1. The molecule has 1 aromatic carbocycles. The molecule has 0 aromatic heterocycles. The molecule has 0 spiro atoms. The molecule has 2 atom stereocenters. The third kappa shape index (κ3) is 4.27. The fourth-order valence-electron chi connectivity index (χ4n) is 3.87. The molecule has 2 aliphatic rings. The van der Waals surface area contributed by atoms with E-state index in [1.807, 2.05) is 31.2 Å². The summed E-state index contributed by atoms with van der Waals surface area (Å²) in [6.07, 6.45) is -5.46. The molecule has 1 unspecified atom stereocenters. The lowest BCUT2D eigenvalue weighted by molar-refractivity contribution is -0.201. The third-order valence-corrected chi connectivity index (χ3v) is 5.79. The van der Waals surface area contributed by atoms with Gasteiger partial charge in [0, 0.05) is 19.1 Å². The van der Waals surface area contributed by atoms with Crippen LogP contribution in [0.1, 0.15) is 57.7 Å². The molecule has 2 fully saturated rings. The van der Waals surface area contributed by atoms with E-state index >= 15 is 0 Å². The van der Waals surface area contributed by atoms with Crippen molar-refractivity contribution in [2.24, 2.45) is 5.41 Å². The summed E-state index contributed by atoms with van der Waals surface area (Å²) in [7, 11) is 0. The van der Waals surface area contributed by atoms with Crippen LogP contribution in [-0.2, 0) is 9.53 Å². The van der Waals surface area contributed by atoms with E-state index in [1.165, 1.54) is 9.80 Å². The van der Waals surface area contributed by atoms with Gasteiger partial charge in [-0.1, -0.05) is 29.8 Å². The average molecular weight is 426 g/mol. The lowest BCUT2D eigenvalue weighted by atomic mass is 9.96. The first-order chi connectivity index (χ1) is 13.7. The molecule has 166 valence electrons. The number of ether oxygens (including phenoxy) is 1. The van der Waals surface area contributed by atoms with Crippen molar-refractivity contribution in [1.82, 2.24) is 9.80 Å². The Morgan fingerprint density at radius 1 is 1.03 bits per heavy atom. The maximum Gasteiger partial charge on any atom is 0.410 e. The molecule has 0 radical (unpaired) electrons. The number of piperazine rings is 1. The fourth-order valence-corrected chi connectivity index (χ4v) is 3.87. The summed E-state index contributed by atoms with van der Waals surface area (Å²) in [4.78, 5) is 28.6. The van der Waals surface area contributed by atoms with Crippen LogP contribution in [0.3, 0.4) is 0 Å². The molecule has 1 aromatic rings. The standard InChI is InChI=1S/C22H29F3N2O3/c1-14-6-8-16(9-7-14)17-13-26(18(28)21(10-11-21)22(23,24)25)15(2)12-27(17)19(29)30-20(3,4)5/h6-9,15,17H,10-13H2,1-5H3/t15-,17?/m1/s1. The number of hydrogen-bond acceptors (Lipinski definition) is 3. The Bertz CT molecular complexity index is 810. The van der Waals surface area contributed by atoms with Gasteiger partial charge in [0.25, 0.3) is 0 Å². The van der Waals surface area contributed by atoms with Gasteiger partial charge >= 0.3 is 12.3 Å². The van der Waals surface area contributed by atoms with Gasteiger partial charge in [-0.2, -0.15) is 13.2 Å². The Balaban J connectivity index is 1.92. The van der Waals surface area contributed by atoms with Crippen LogP contribution in [0, 0.1) is 12.3 Å². The summed E-state index contributed by atoms with van der Waals surface area (Å²) in [5.41, 5.74) is -1.20. The number of halogens is 3. The molecule has 1 heterocycles. The number of carbonyl (C=O) groups excluding carboxylic acids is 2. The maximum absolute atomic E-state index is 13.6. The minimum atomic E-state index is -4.56. The first-order valence-electron chi connectivity index (χ1n) is 10.2. The van der Waals surface area contributed by atoms with E-state index in [9.17, 15) is 22.8 Å². The van der Waals surface area contributed by atoms with Crippen LogP contribution in [0.2, 0.25) is 0 Å². The molecule has 1 aliphatic heterocycles. The largest absolute Gasteiger partial charge is 0.444 e. The SMILES string of the molecule is Cc1ccc(C2CN(C(=O)C3(C(F)(F)F)CC3)[C@H](C)CN2C(=O)OC(C)(C)C)cc1. The van der Waals surface area contributed by atoms with Crippen LogP contribution in [0.25, 0.3) is 0 Å². The highest BCUT2D eigenvalue weighted by Crippen LogP contribution is 2.59. The molecule has 0 bridgehead atoms. The van der Waals surface area contributed by atoms with Gasteiger partial charge in [0.15, 0.2) is 0 Å². The van der Waals surface area contributed by atoms with E-state index in [0.29, 0.717) is 0 Å². The minimum absolute atomic E-state index is 0.000133. The van der Waals surface area contributed by atoms with Gasteiger partial charge in [0.2, 0.25) is 5.91 Å². The highest BCUT2D eigenvalue weighted by molar-refractivity contribution is 5.87. The second-order valence-electron chi connectivity index (χ2n) is 9.45.